The fourth-order valence-corrected chi connectivity index (χ4v) is 4.68. The second-order valence-corrected chi connectivity index (χ2v) is 8.58. The van der Waals surface area contributed by atoms with Crippen LogP contribution in [0, 0.1) is 11.3 Å². The number of halogens is 2. The topological polar surface area (TPSA) is 103 Å². The molecule has 1 aliphatic rings. The zero-order chi connectivity index (χ0) is 24.0. The molecule has 2 aromatic rings. The number of nitrogens with one attached hydrogen (secondary N) is 2. The molecule has 0 bridgehead atoms. The summed E-state index contributed by atoms with van der Waals surface area (Å²) < 4.78 is 31.2. The van der Waals surface area contributed by atoms with Gasteiger partial charge in [0.25, 0.3) is 11.5 Å². The van der Waals surface area contributed by atoms with Crippen molar-refractivity contribution in [3.63, 3.8) is 0 Å². The average Bonchev–Trinajstić information content (AvgIpc) is 3.40. The molecule has 0 unspecified atom stereocenters. The third kappa shape index (κ3) is 5.64. The Morgan fingerprint density at radius 3 is 2.70 bits per heavy atom. The van der Waals surface area contributed by atoms with Crippen LogP contribution in [0.4, 0.5) is 14.6 Å². The summed E-state index contributed by atoms with van der Waals surface area (Å²) in [7, 11) is 0. The Morgan fingerprint density at radius 1 is 1.33 bits per heavy atom. The van der Waals surface area contributed by atoms with E-state index in [1.165, 1.54) is 29.0 Å². The summed E-state index contributed by atoms with van der Waals surface area (Å²) in [6.45, 7) is 5.00. The lowest BCUT2D eigenvalue weighted by atomic mass is 10.2. The second-order valence-electron chi connectivity index (χ2n) is 7.55. The van der Waals surface area contributed by atoms with Gasteiger partial charge in [-0.25, -0.2) is 4.98 Å². The molecule has 0 atom stereocenters. The van der Waals surface area contributed by atoms with Gasteiger partial charge in [0.05, 0.1) is 6.54 Å². The summed E-state index contributed by atoms with van der Waals surface area (Å²) >= 11 is 0.977. The van der Waals surface area contributed by atoms with Crippen molar-refractivity contribution in [1.82, 2.24) is 19.8 Å². The van der Waals surface area contributed by atoms with E-state index < -0.39 is 17.4 Å². The van der Waals surface area contributed by atoms with Gasteiger partial charge in [0.15, 0.2) is 5.57 Å². The van der Waals surface area contributed by atoms with Gasteiger partial charge in [0, 0.05) is 19.3 Å². The summed E-state index contributed by atoms with van der Waals surface area (Å²) in [4.78, 5) is 30.7. The molecule has 11 heteroatoms. The molecule has 2 N–H and O–H groups in total. The first-order chi connectivity index (χ1) is 15.8. The zero-order valence-electron chi connectivity index (χ0n) is 18.5. The van der Waals surface area contributed by atoms with Gasteiger partial charge in [-0.3, -0.25) is 19.1 Å². The minimum Gasteiger partial charge on any atom is -0.352 e. The molecule has 1 aliphatic heterocycles. The molecular formula is C22H26F2N6O2S. The molecule has 0 radical (unpaired) electrons. The number of anilines is 1. The van der Waals surface area contributed by atoms with Gasteiger partial charge >= 0.3 is 5.92 Å². The number of carbonyl (C=O) groups is 1. The predicted molar refractivity (Wildman–Crippen MR) is 123 cm³/mol. The molecule has 176 valence electrons. The molecule has 1 fully saturated rings. The van der Waals surface area contributed by atoms with Crippen LogP contribution in [0.1, 0.15) is 32.4 Å². The Bertz CT molecular complexity index is 1220. The molecule has 3 rings (SSSR count). The Labute approximate surface area is 193 Å². The van der Waals surface area contributed by atoms with Gasteiger partial charge in [-0.15, -0.1) is 11.3 Å². The molecular weight excluding hydrogens is 450 g/mol. The van der Waals surface area contributed by atoms with Crippen LogP contribution in [0.2, 0.25) is 0 Å². The van der Waals surface area contributed by atoms with Crippen LogP contribution in [0.3, 0.4) is 0 Å². The molecule has 0 saturated carbocycles. The Balaban J connectivity index is 1.92. The molecule has 8 nitrogen and oxygen atoms in total. The van der Waals surface area contributed by atoms with E-state index in [1.807, 2.05) is 6.07 Å². The first-order valence-electron chi connectivity index (χ1n) is 10.8. The molecule has 1 saturated heterocycles. The van der Waals surface area contributed by atoms with Crippen LogP contribution >= 0.6 is 11.3 Å². The van der Waals surface area contributed by atoms with Crippen LogP contribution in [-0.4, -0.2) is 46.5 Å². The van der Waals surface area contributed by atoms with Crippen LogP contribution in [0.5, 0.6) is 0 Å². The molecule has 1 amide bonds. The van der Waals surface area contributed by atoms with Gasteiger partial charge in [-0.1, -0.05) is 6.07 Å². The van der Waals surface area contributed by atoms with E-state index in [2.05, 4.69) is 15.6 Å². The van der Waals surface area contributed by atoms with Crippen LogP contribution in [0.15, 0.2) is 23.0 Å². The van der Waals surface area contributed by atoms with Crippen molar-refractivity contribution < 1.29 is 13.6 Å². The number of likely N-dealkylation sites (tertiary alicyclic amines) is 1. The van der Waals surface area contributed by atoms with E-state index >= 15 is 0 Å². The van der Waals surface area contributed by atoms with Crippen molar-refractivity contribution in [3.05, 3.63) is 43.4 Å². The number of hydrogen-bond donors (Lipinski definition) is 2. The number of nitriles is 1. The number of thiazole rings is 1. The van der Waals surface area contributed by atoms with Crippen molar-refractivity contribution in [2.24, 2.45) is 0 Å². The second kappa shape index (κ2) is 10.7. The maximum absolute atomic E-state index is 14.7. The van der Waals surface area contributed by atoms with E-state index in [0.717, 1.165) is 24.2 Å². The van der Waals surface area contributed by atoms with Crippen LogP contribution < -0.4 is 25.4 Å². The lowest BCUT2D eigenvalue weighted by molar-refractivity contribution is -0.115. The number of pyridine rings is 1. The monoisotopic (exact) mass is 476 g/mol. The van der Waals surface area contributed by atoms with E-state index in [1.54, 1.807) is 18.7 Å². The summed E-state index contributed by atoms with van der Waals surface area (Å²) in [6, 6.07) is 6.17. The summed E-state index contributed by atoms with van der Waals surface area (Å²) in [5.74, 6) is -3.49. The van der Waals surface area contributed by atoms with E-state index in [0.29, 0.717) is 19.6 Å². The number of rotatable bonds is 8. The first-order valence-corrected chi connectivity index (χ1v) is 11.6. The minimum absolute atomic E-state index is 0.151. The molecule has 3 heterocycles. The number of hydrogen-bond acceptors (Lipinski definition) is 7. The summed E-state index contributed by atoms with van der Waals surface area (Å²) in [6.07, 6.45) is 3.20. The quantitative estimate of drug-likeness (QED) is 0.593. The van der Waals surface area contributed by atoms with Gasteiger partial charge in [-0.05, 0) is 51.9 Å². The number of amides is 1. The third-order valence-electron chi connectivity index (χ3n) is 5.21. The van der Waals surface area contributed by atoms with Crippen molar-refractivity contribution in [3.8, 4) is 6.07 Å². The predicted octanol–water partition coefficient (Wildman–Crippen LogP) is 1.17. The lowest BCUT2D eigenvalue weighted by Crippen LogP contribution is -2.34. The van der Waals surface area contributed by atoms with Gasteiger partial charge in [-0.2, -0.15) is 14.0 Å². The van der Waals surface area contributed by atoms with Gasteiger partial charge in [0.2, 0.25) is 0 Å². The highest BCUT2D eigenvalue weighted by atomic mass is 32.1. The Kier molecular flexibility index (Phi) is 7.94. The van der Waals surface area contributed by atoms with Gasteiger partial charge in [0.1, 0.15) is 26.8 Å². The maximum Gasteiger partial charge on any atom is 0.302 e. The Morgan fingerprint density at radius 2 is 2.06 bits per heavy atom. The van der Waals surface area contributed by atoms with Gasteiger partial charge < -0.3 is 10.6 Å². The maximum atomic E-state index is 14.7. The molecule has 2 aromatic heterocycles. The van der Waals surface area contributed by atoms with Crippen molar-refractivity contribution in [2.75, 3.05) is 31.5 Å². The van der Waals surface area contributed by atoms with E-state index in [-0.39, 0.29) is 39.4 Å². The van der Waals surface area contributed by atoms with Crippen molar-refractivity contribution >= 4 is 34.8 Å². The van der Waals surface area contributed by atoms with Crippen molar-refractivity contribution in [1.29, 1.82) is 5.26 Å². The summed E-state index contributed by atoms with van der Waals surface area (Å²) in [5.41, 5.74) is -0.887. The normalized spacial score (nSPS) is 15.9. The zero-order valence-corrected chi connectivity index (χ0v) is 19.3. The fraction of sp³-hybridized carbons (Fsp3) is 0.455. The number of nitrogens with zero attached hydrogens (tertiary/aromatic N) is 4. The molecule has 0 spiro atoms. The number of carbonyl (C=O) groups excluding carboxylic acids is 1. The SMILES string of the molecule is CCNC(=O)/C(C#N)=c1\s/c(=C/Nc2cccc(C(F)(F)CN3CCCC3)n2)c(=O)n1CC. The average molecular weight is 477 g/mol. The van der Waals surface area contributed by atoms with E-state index in [4.69, 9.17) is 0 Å². The smallest absolute Gasteiger partial charge is 0.302 e. The minimum atomic E-state index is -3.10. The van der Waals surface area contributed by atoms with Crippen LogP contribution in [0.25, 0.3) is 11.8 Å². The van der Waals surface area contributed by atoms with Crippen molar-refractivity contribution in [2.45, 2.75) is 39.2 Å². The molecule has 0 aromatic carbocycles. The highest BCUT2D eigenvalue weighted by Gasteiger charge is 2.36. The van der Waals surface area contributed by atoms with E-state index in [9.17, 15) is 23.6 Å². The fourth-order valence-electron chi connectivity index (χ4n) is 3.60. The number of aromatic nitrogens is 2. The highest BCUT2D eigenvalue weighted by molar-refractivity contribution is 7.07. The highest BCUT2D eigenvalue weighted by Crippen LogP contribution is 2.29. The third-order valence-corrected chi connectivity index (χ3v) is 6.34. The van der Waals surface area contributed by atoms with Crippen LogP contribution in [-0.2, 0) is 17.3 Å². The molecule has 33 heavy (non-hydrogen) atoms. The Hall–Kier alpha value is -3.10. The lowest BCUT2D eigenvalue weighted by Gasteiger charge is -2.22. The summed E-state index contributed by atoms with van der Waals surface area (Å²) in [5, 5.41) is 14.8. The standard InChI is InChI=1S/C22H26F2N6O2S/c1-3-26-19(31)15(12-25)21-30(4-2)20(32)16(33-21)13-27-18-9-7-8-17(28-18)22(23,24)14-29-10-5-6-11-29/h7-9,13H,3-6,10-11,14H2,1-2H3,(H,26,31)(H,27,28)/b16-13+,21-15-. The number of alkyl halides is 2. The molecule has 0 aliphatic carbocycles. The largest absolute Gasteiger partial charge is 0.352 e. The first kappa shape index (κ1) is 24.5.